The van der Waals surface area contributed by atoms with Crippen molar-refractivity contribution in [3.8, 4) is 0 Å². The SMILES string of the molecule is C[C@@H](OC(=O)[C@@H]1CC(=O)N(c2ccc(Cl)cc2C(=O)c2ccccc2)C1)C(=O)c1ccc(Cl)cc1. The highest BCUT2D eigenvalue weighted by Crippen LogP contribution is 2.32. The molecule has 1 fully saturated rings. The number of benzene rings is 3. The van der Waals surface area contributed by atoms with Gasteiger partial charge in [0.2, 0.25) is 11.7 Å². The number of nitrogens with zero attached hydrogens (tertiary/aromatic N) is 1. The third-order valence-corrected chi connectivity index (χ3v) is 6.27. The van der Waals surface area contributed by atoms with Crippen LogP contribution in [0.25, 0.3) is 0 Å². The van der Waals surface area contributed by atoms with E-state index in [1.54, 1.807) is 66.7 Å². The van der Waals surface area contributed by atoms with Crippen LogP contribution in [0.1, 0.15) is 39.6 Å². The predicted molar refractivity (Wildman–Crippen MR) is 133 cm³/mol. The smallest absolute Gasteiger partial charge is 0.312 e. The lowest BCUT2D eigenvalue weighted by Crippen LogP contribution is -2.31. The van der Waals surface area contributed by atoms with E-state index in [1.807, 2.05) is 0 Å². The molecule has 2 atom stereocenters. The van der Waals surface area contributed by atoms with Crippen LogP contribution in [0.3, 0.4) is 0 Å². The number of hydrogen-bond acceptors (Lipinski definition) is 5. The summed E-state index contributed by atoms with van der Waals surface area (Å²) in [5.74, 6) is -2.42. The average molecular weight is 510 g/mol. The molecule has 8 heteroatoms. The van der Waals surface area contributed by atoms with E-state index in [1.165, 1.54) is 17.9 Å². The summed E-state index contributed by atoms with van der Waals surface area (Å²) in [4.78, 5) is 52.8. The van der Waals surface area contributed by atoms with Gasteiger partial charge in [-0.1, -0.05) is 53.5 Å². The van der Waals surface area contributed by atoms with Gasteiger partial charge in [0.05, 0.1) is 11.6 Å². The first kappa shape index (κ1) is 24.6. The summed E-state index contributed by atoms with van der Waals surface area (Å²) in [5.41, 5.74) is 1.45. The Morgan fingerprint density at radius 1 is 0.914 bits per heavy atom. The van der Waals surface area contributed by atoms with Gasteiger partial charge in [-0.15, -0.1) is 0 Å². The molecule has 3 aromatic rings. The van der Waals surface area contributed by atoms with E-state index in [4.69, 9.17) is 27.9 Å². The maximum Gasteiger partial charge on any atom is 0.312 e. The molecule has 0 radical (unpaired) electrons. The zero-order valence-corrected chi connectivity index (χ0v) is 20.3. The van der Waals surface area contributed by atoms with E-state index >= 15 is 0 Å². The Kier molecular flexibility index (Phi) is 7.34. The molecule has 0 bridgehead atoms. The van der Waals surface area contributed by atoms with Gasteiger partial charge in [-0.25, -0.2) is 0 Å². The number of hydrogen-bond donors (Lipinski definition) is 0. The number of carbonyl (C=O) groups excluding carboxylic acids is 4. The van der Waals surface area contributed by atoms with Gasteiger partial charge in [-0.05, 0) is 49.4 Å². The monoisotopic (exact) mass is 509 g/mol. The molecule has 0 spiro atoms. The molecule has 0 aromatic heterocycles. The molecule has 1 aliphatic heterocycles. The third-order valence-electron chi connectivity index (χ3n) is 5.78. The average Bonchev–Trinajstić information content (AvgIpc) is 3.25. The van der Waals surface area contributed by atoms with Gasteiger partial charge in [-0.3, -0.25) is 19.2 Å². The first-order valence-corrected chi connectivity index (χ1v) is 11.7. The summed E-state index contributed by atoms with van der Waals surface area (Å²) >= 11 is 12.0. The van der Waals surface area contributed by atoms with Gasteiger partial charge in [0, 0.05) is 39.7 Å². The highest BCUT2D eigenvalue weighted by Gasteiger charge is 2.38. The number of amides is 1. The molecule has 1 saturated heterocycles. The number of halogens is 2. The molecule has 4 rings (SSSR count). The second-order valence-electron chi connectivity index (χ2n) is 8.21. The quantitative estimate of drug-likeness (QED) is 0.315. The highest BCUT2D eigenvalue weighted by molar-refractivity contribution is 6.31. The Morgan fingerprint density at radius 3 is 2.26 bits per heavy atom. The topological polar surface area (TPSA) is 80.8 Å². The van der Waals surface area contributed by atoms with Crippen molar-refractivity contribution in [2.75, 3.05) is 11.4 Å². The first-order valence-electron chi connectivity index (χ1n) is 10.9. The fraction of sp³-hybridized carbons (Fsp3) is 0.185. The van der Waals surface area contributed by atoms with Gasteiger partial charge in [-0.2, -0.15) is 0 Å². The highest BCUT2D eigenvalue weighted by atomic mass is 35.5. The van der Waals surface area contributed by atoms with Crippen LogP contribution in [0.4, 0.5) is 5.69 Å². The summed E-state index contributed by atoms with van der Waals surface area (Å²) < 4.78 is 5.39. The Bertz CT molecular complexity index is 1290. The molecule has 0 unspecified atom stereocenters. The molecule has 3 aromatic carbocycles. The molecule has 0 saturated carbocycles. The molecule has 178 valence electrons. The predicted octanol–water partition coefficient (Wildman–Crippen LogP) is 5.39. The molecule has 0 aliphatic carbocycles. The second-order valence-corrected chi connectivity index (χ2v) is 9.09. The molecule has 35 heavy (non-hydrogen) atoms. The van der Waals surface area contributed by atoms with Crippen LogP contribution in [0.2, 0.25) is 10.0 Å². The number of rotatable bonds is 7. The van der Waals surface area contributed by atoms with E-state index in [0.29, 0.717) is 26.9 Å². The number of anilines is 1. The van der Waals surface area contributed by atoms with E-state index in [9.17, 15) is 19.2 Å². The van der Waals surface area contributed by atoms with Crippen molar-refractivity contribution in [3.63, 3.8) is 0 Å². The number of carbonyl (C=O) groups is 4. The van der Waals surface area contributed by atoms with E-state index in [0.717, 1.165) is 0 Å². The minimum atomic E-state index is -1.03. The summed E-state index contributed by atoms with van der Waals surface area (Å²) in [6.07, 6.45) is -1.12. The Morgan fingerprint density at radius 2 is 1.57 bits per heavy atom. The number of Topliss-reactive ketones (excluding diaryl/α,β-unsaturated/α-hetero) is 1. The van der Waals surface area contributed by atoms with Crippen molar-refractivity contribution in [1.82, 2.24) is 0 Å². The lowest BCUT2D eigenvalue weighted by molar-refractivity contribution is -0.151. The summed E-state index contributed by atoms with van der Waals surface area (Å²) in [6.45, 7) is 1.51. The van der Waals surface area contributed by atoms with Crippen LogP contribution in [0, 0.1) is 5.92 Å². The van der Waals surface area contributed by atoms with Crippen molar-refractivity contribution in [2.24, 2.45) is 5.92 Å². The molecule has 1 amide bonds. The molecule has 1 heterocycles. The van der Waals surface area contributed by atoms with Crippen molar-refractivity contribution >= 4 is 52.3 Å². The third kappa shape index (κ3) is 5.45. The molecule has 1 aliphatic rings. The Balaban J connectivity index is 1.50. The largest absolute Gasteiger partial charge is 0.454 e. The van der Waals surface area contributed by atoms with Gasteiger partial charge >= 0.3 is 5.97 Å². The van der Waals surface area contributed by atoms with Gasteiger partial charge in [0.25, 0.3) is 0 Å². The summed E-state index contributed by atoms with van der Waals surface area (Å²) in [6, 6.07) is 19.6. The van der Waals surface area contributed by atoms with Crippen molar-refractivity contribution < 1.29 is 23.9 Å². The molecular formula is C27H21Cl2NO5. The lowest BCUT2D eigenvalue weighted by atomic mass is 10.0. The van der Waals surface area contributed by atoms with Crippen LogP contribution in [-0.4, -0.2) is 36.1 Å². The van der Waals surface area contributed by atoms with Gasteiger partial charge in [0.15, 0.2) is 11.9 Å². The molecule has 0 N–H and O–H groups in total. The fourth-order valence-electron chi connectivity index (χ4n) is 3.94. The van der Waals surface area contributed by atoms with Gasteiger partial charge < -0.3 is 9.64 Å². The van der Waals surface area contributed by atoms with Crippen LogP contribution >= 0.6 is 23.2 Å². The van der Waals surface area contributed by atoms with Crippen molar-refractivity contribution in [1.29, 1.82) is 0 Å². The maximum atomic E-state index is 13.1. The Labute approximate surface area is 212 Å². The van der Waals surface area contributed by atoms with Crippen LogP contribution in [-0.2, 0) is 14.3 Å². The van der Waals surface area contributed by atoms with E-state index in [-0.39, 0.29) is 36.0 Å². The van der Waals surface area contributed by atoms with E-state index < -0.39 is 18.0 Å². The number of esters is 1. The minimum absolute atomic E-state index is 0.0240. The first-order chi connectivity index (χ1) is 16.7. The maximum absolute atomic E-state index is 13.1. The minimum Gasteiger partial charge on any atom is -0.454 e. The van der Waals surface area contributed by atoms with Gasteiger partial charge in [0.1, 0.15) is 0 Å². The molecular weight excluding hydrogens is 489 g/mol. The summed E-state index contributed by atoms with van der Waals surface area (Å²) in [5, 5.41) is 0.841. The number of ketones is 2. The van der Waals surface area contributed by atoms with Crippen LogP contribution in [0.15, 0.2) is 72.8 Å². The van der Waals surface area contributed by atoms with E-state index in [2.05, 4.69) is 0 Å². The zero-order valence-electron chi connectivity index (χ0n) is 18.7. The Hall–Kier alpha value is -3.48. The zero-order chi connectivity index (χ0) is 25.1. The van der Waals surface area contributed by atoms with Crippen LogP contribution < -0.4 is 4.90 Å². The lowest BCUT2D eigenvalue weighted by Gasteiger charge is -2.20. The van der Waals surface area contributed by atoms with Crippen molar-refractivity contribution in [3.05, 3.63) is 99.5 Å². The second kappa shape index (κ2) is 10.4. The molecule has 6 nitrogen and oxygen atoms in total. The fourth-order valence-corrected chi connectivity index (χ4v) is 4.24. The number of ether oxygens (including phenoxy) is 1. The van der Waals surface area contributed by atoms with Crippen LogP contribution in [0.5, 0.6) is 0 Å². The van der Waals surface area contributed by atoms with Crippen molar-refractivity contribution in [2.45, 2.75) is 19.4 Å². The normalized spacial score (nSPS) is 16.1. The standard InChI is InChI=1S/C27H21Cl2NO5/c1-16(25(32)18-7-9-20(28)10-8-18)35-27(34)19-13-24(31)30(15-19)23-12-11-21(29)14-22(23)26(33)17-5-3-2-4-6-17/h2-12,14,16,19H,13,15H2,1H3/t16-,19-/m1/s1. The summed E-state index contributed by atoms with van der Waals surface area (Å²) in [7, 11) is 0.